The maximum absolute atomic E-state index is 10.4. The summed E-state index contributed by atoms with van der Waals surface area (Å²) in [6.07, 6.45) is 2.19. The van der Waals surface area contributed by atoms with Gasteiger partial charge in [-0.3, -0.25) is 4.90 Å². The van der Waals surface area contributed by atoms with Gasteiger partial charge in [0.15, 0.2) is 0 Å². The van der Waals surface area contributed by atoms with Crippen molar-refractivity contribution >= 4 is 0 Å². The van der Waals surface area contributed by atoms with E-state index in [1.165, 1.54) is 12.8 Å². The Morgan fingerprint density at radius 2 is 2.00 bits per heavy atom. The molecule has 0 radical (unpaired) electrons. The maximum Gasteiger partial charge on any atom is 0.0827 e. The molecule has 2 rings (SSSR count). The smallest absolute Gasteiger partial charge is 0.0827 e. The molecule has 19 heavy (non-hydrogen) atoms. The molecule has 0 spiro atoms. The minimum absolute atomic E-state index is 0.236. The van der Waals surface area contributed by atoms with Gasteiger partial charge in [0, 0.05) is 26.2 Å². The molecule has 1 fully saturated rings. The highest BCUT2D eigenvalue weighted by Gasteiger charge is 2.30. The molecule has 2 unspecified atom stereocenters. The van der Waals surface area contributed by atoms with Gasteiger partial charge in [0.2, 0.25) is 0 Å². The Kier molecular flexibility index (Phi) is 5.37. The van der Waals surface area contributed by atoms with Gasteiger partial charge in [0.1, 0.15) is 0 Å². The molecule has 0 amide bonds. The lowest BCUT2D eigenvalue weighted by Gasteiger charge is -2.28. The lowest BCUT2D eigenvalue weighted by atomic mass is 9.97. The van der Waals surface area contributed by atoms with E-state index in [0.29, 0.717) is 6.04 Å². The van der Waals surface area contributed by atoms with Gasteiger partial charge in [-0.1, -0.05) is 37.3 Å². The zero-order valence-electron chi connectivity index (χ0n) is 12.0. The molecule has 0 heterocycles. The molecule has 3 heteroatoms. The number of methoxy groups -OCH3 is 1. The van der Waals surface area contributed by atoms with E-state index in [0.717, 1.165) is 25.3 Å². The van der Waals surface area contributed by atoms with Crippen LogP contribution in [0.1, 0.15) is 31.4 Å². The van der Waals surface area contributed by atoms with Crippen molar-refractivity contribution in [1.29, 1.82) is 0 Å². The van der Waals surface area contributed by atoms with Crippen LogP contribution in [-0.2, 0) is 4.74 Å². The number of hydrogen-bond donors (Lipinski definition) is 1. The molecule has 0 aromatic heterocycles. The van der Waals surface area contributed by atoms with Gasteiger partial charge in [0.05, 0.1) is 12.7 Å². The molecule has 2 atom stereocenters. The van der Waals surface area contributed by atoms with Crippen LogP contribution in [0.5, 0.6) is 0 Å². The summed E-state index contributed by atoms with van der Waals surface area (Å²) >= 11 is 0. The van der Waals surface area contributed by atoms with Crippen LogP contribution in [0.25, 0.3) is 0 Å². The Hall–Kier alpha value is -0.900. The maximum atomic E-state index is 10.4. The first kappa shape index (κ1) is 14.5. The Morgan fingerprint density at radius 3 is 2.58 bits per heavy atom. The van der Waals surface area contributed by atoms with Crippen molar-refractivity contribution in [2.45, 2.75) is 31.9 Å². The monoisotopic (exact) mass is 263 g/mol. The second-order valence-electron chi connectivity index (χ2n) is 5.55. The van der Waals surface area contributed by atoms with Gasteiger partial charge in [-0.25, -0.2) is 0 Å². The summed E-state index contributed by atoms with van der Waals surface area (Å²) in [6.45, 7) is 4.79. The van der Waals surface area contributed by atoms with Gasteiger partial charge >= 0.3 is 0 Å². The van der Waals surface area contributed by atoms with Gasteiger partial charge in [-0.05, 0) is 24.3 Å². The molecule has 1 saturated carbocycles. The Bertz CT molecular complexity index is 364. The normalized spacial score (nSPS) is 18.5. The van der Waals surface area contributed by atoms with E-state index in [1.54, 1.807) is 7.11 Å². The van der Waals surface area contributed by atoms with E-state index in [1.807, 2.05) is 30.3 Å². The second-order valence-corrected chi connectivity index (χ2v) is 5.55. The molecule has 1 aliphatic rings. The van der Waals surface area contributed by atoms with Crippen molar-refractivity contribution in [1.82, 2.24) is 4.90 Å². The SMILES string of the molecule is COCCN(CC(C)C(O)c1ccccc1)C1CC1. The number of nitrogens with zero attached hydrogens (tertiary/aromatic N) is 1. The van der Waals surface area contributed by atoms with E-state index >= 15 is 0 Å². The average molecular weight is 263 g/mol. The summed E-state index contributed by atoms with van der Waals surface area (Å²) in [6, 6.07) is 10.6. The van der Waals surface area contributed by atoms with Crippen LogP contribution in [0.2, 0.25) is 0 Å². The van der Waals surface area contributed by atoms with Gasteiger partial charge in [0.25, 0.3) is 0 Å². The van der Waals surface area contributed by atoms with E-state index in [4.69, 9.17) is 4.74 Å². The van der Waals surface area contributed by atoms with Crippen molar-refractivity contribution in [2.75, 3.05) is 26.8 Å². The summed E-state index contributed by atoms with van der Waals surface area (Å²) in [5.74, 6) is 0.236. The van der Waals surface area contributed by atoms with Crippen LogP contribution in [0.15, 0.2) is 30.3 Å². The predicted molar refractivity (Wildman–Crippen MR) is 77.0 cm³/mol. The van der Waals surface area contributed by atoms with E-state index in [9.17, 15) is 5.11 Å². The second kappa shape index (κ2) is 7.04. The summed E-state index contributed by atoms with van der Waals surface area (Å²) in [5.41, 5.74) is 1.01. The first-order chi connectivity index (χ1) is 9.22. The summed E-state index contributed by atoms with van der Waals surface area (Å²) in [4.78, 5) is 2.46. The summed E-state index contributed by atoms with van der Waals surface area (Å²) < 4.78 is 5.17. The van der Waals surface area contributed by atoms with Crippen LogP contribution in [0.3, 0.4) is 0 Å². The fourth-order valence-corrected chi connectivity index (χ4v) is 2.52. The van der Waals surface area contributed by atoms with Crippen LogP contribution < -0.4 is 0 Å². The highest BCUT2D eigenvalue weighted by atomic mass is 16.5. The van der Waals surface area contributed by atoms with Gasteiger partial charge in [-0.15, -0.1) is 0 Å². The van der Waals surface area contributed by atoms with E-state index in [-0.39, 0.29) is 12.0 Å². The van der Waals surface area contributed by atoms with Crippen LogP contribution >= 0.6 is 0 Å². The minimum Gasteiger partial charge on any atom is -0.388 e. The van der Waals surface area contributed by atoms with Gasteiger partial charge < -0.3 is 9.84 Å². The number of ether oxygens (including phenoxy) is 1. The van der Waals surface area contributed by atoms with Crippen molar-refractivity contribution in [3.8, 4) is 0 Å². The quantitative estimate of drug-likeness (QED) is 0.782. The minimum atomic E-state index is -0.384. The van der Waals surface area contributed by atoms with Gasteiger partial charge in [-0.2, -0.15) is 0 Å². The molecule has 3 nitrogen and oxygen atoms in total. The zero-order valence-corrected chi connectivity index (χ0v) is 12.0. The molecule has 0 bridgehead atoms. The Balaban J connectivity index is 1.89. The Morgan fingerprint density at radius 1 is 1.32 bits per heavy atom. The molecular formula is C16H25NO2. The number of hydrogen-bond acceptors (Lipinski definition) is 3. The average Bonchev–Trinajstić information content (AvgIpc) is 3.28. The molecule has 106 valence electrons. The standard InChI is InChI=1S/C16H25NO2/c1-13(16(18)14-6-4-3-5-7-14)12-17(10-11-19-2)15-8-9-15/h3-7,13,15-16,18H,8-12H2,1-2H3. The van der Waals surface area contributed by atoms with E-state index in [2.05, 4.69) is 11.8 Å². The fraction of sp³-hybridized carbons (Fsp3) is 0.625. The number of aliphatic hydroxyl groups excluding tert-OH is 1. The predicted octanol–water partition coefficient (Wildman–Crippen LogP) is 2.47. The largest absolute Gasteiger partial charge is 0.388 e. The first-order valence-corrected chi connectivity index (χ1v) is 7.18. The Labute approximate surface area is 116 Å². The number of aliphatic hydroxyl groups is 1. The highest BCUT2D eigenvalue weighted by Crippen LogP contribution is 2.30. The number of benzene rings is 1. The lowest BCUT2D eigenvalue weighted by Crippen LogP contribution is -2.35. The zero-order chi connectivity index (χ0) is 13.7. The molecule has 0 aliphatic heterocycles. The summed E-state index contributed by atoms with van der Waals surface area (Å²) in [7, 11) is 1.74. The van der Waals surface area contributed by atoms with Crippen LogP contribution in [-0.4, -0.2) is 42.9 Å². The van der Waals surface area contributed by atoms with Crippen molar-refractivity contribution in [3.63, 3.8) is 0 Å². The highest BCUT2D eigenvalue weighted by molar-refractivity contribution is 5.17. The number of rotatable bonds is 8. The van der Waals surface area contributed by atoms with Crippen LogP contribution in [0, 0.1) is 5.92 Å². The van der Waals surface area contributed by atoms with Crippen LogP contribution in [0.4, 0.5) is 0 Å². The van der Waals surface area contributed by atoms with Crippen molar-refractivity contribution in [3.05, 3.63) is 35.9 Å². The van der Waals surface area contributed by atoms with Crippen molar-refractivity contribution < 1.29 is 9.84 Å². The molecule has 0 saturated heterocycles. The third-order valence-corrected chi connectivity index (χ3v) is 3.85. The summed E-state index contributed by atoms with van der Waals surface area (Å²) in [5, 5.41) is 10.4. The third-order valence-electron chi connectivity index (χ3n) is 3.85. The van der Waals surface area contributed by atoms with Crippen molar-refractivity contribution in [2.24, 2.45) is 5.92 Å². The topological polar surface area (TPSA) is 32.7 Å². The first-order valence-electron chi connectivity index (χ1n) is 7.18. The molecule has 1 N–H and O–H groups in total. The molecule has 1 aromatic carbocycles. The third kappa shape index (κ3) is 4.30. The molecule has 1 aromatic rings. The molecular weight excluding hydrogens is 238 g/mol. The fourth-order valence-electron chi connectivity index (χ4n) is 2.52. The van der Waals surface area contributed by atoms with E-state index < -0.39 is 0 Å². The molecule has 1 aliphatic carbocycles. The lowest BCUT2D eigenvalue weighted by molar-refractivity contribution is 0.0730.